The molecule has 0 saturated carbocycles. The van der Waals surface area contributed by atoms with Crippen molar-refractivity contribution < 1.29 is 8.42 Å². The molecule has 0 atom stereocenters. The molecule has 1 aromatic rings. The maximum absolute atomic E-state index is 12.3. The maximum atomic E-state index is 12.3. The van der Waals surface area contributed by atoms with Gasteiger partial charge in [0.2, 0.25) is 0 Å². The van der Waals surface area contributed by atoms with E-state index < -0.39 is 9.84 Å². The first-order valence-corrected chi connectivity index (χ1v) is 8.59. The Morgan fingerprint density at radius 2 is 1.70 bits per heavy atom. The highest BCUT2D eigenvalue weighted by atomic mass is 32.2. The van der Waals surface area contributed by atoms with Crippen LogP contribution >= 0.6 is 0 Å². The molecular formula is C14H23N3O2S. The van der Waals surface area contributed by atoms with Crippen molar-refractivity contribution in [3.8, 4) is 0 Å². The molecule has 5 nitrogen and oxygen atoms in total. The molecule has 1 fully saturated rings. The van der Waals surface area contributed by atoms with E-state index in [0.29, 0.717) is 18.0 Å². The zero-order valence-electron chi connectivity index (χ0n) is 12.0. The SMILES string of the molecule is CN1CCN(CCS(=O)(=O)c2ccc(CN)cc2)CC1. The van der Waals surface area contributed by atoms with E-state index in [2.05, 4.69) is 16.8 Å². The van der Waals surface area contributed by atoms with Crippen LogP contribution in [-0.2, 0) is 16.4 Å². The van der Waals surface area contributed by atoms with Gasteiger partial charge in [-0.3, -0.25) is 4.90 Å². The van der Waals surface area contributed by atoms with Crippen molar-refractivity contribution in [3.05, 3.63) is 29.8 Å². The second kappa shape index (κ2) is 6.67. The highest BCUT2D eigenvalue weighted by molar-refractivity contribution is 7.91. The fourth-order valence-corrected chi connectivity index (χ4v) is 3.56. The number of hydrogen-bond acceptors (Lipinski definition) is 5. The lowest BCUT2D eigenvalue weighted by atomic mass is 10.2. The number of hydrogen-bond donors (Lipinski definition) is 1. The first kappa shape index (κ1) is 15.4. The van der Waals surface area contributed by atoms with Gasteiger partial charge >= 0.3 is 0 Å². The average Bonchev–Trinajstić information content (AvgIpc) is 2.47. The molecule has 0 aliphatic carbocycles. The zero-order chi connectivity index (χ0) is 14.6. The van der Waals surface area contributed by atoms with Crippen LogP contribution in [0.1, 0.15) is 5.56 Å². The molecule has 1 heterocycles. The summed E-state index contributed by atoms with van der Waals surface area (Å²) >= 11 is 0. The second-order valence-electron chi connectivity index (χ2n) is 5.31. The molecule has 1 aliphatic heterocycles. The Labute approximate surface area is 121 Å². The number of benzene rings is 1. The van der Waals surface area contributed by atoms with Crippen molar-refractivity contribution in [2.45, 2.75) is 11.4 Å². The molecule has 0 radical (unpaired) electrons. The highest BCUT2D eigenvalue weighted by Crippen LogP contribution is 2.13. The first-order chi connectivity index (χ1) is 9.51. The van der Waals surface area contributed by atoms with Gasteiger partial charge in [0.15, 0.2) is 9.84 Å². The van der Waals surface area contributed by atoms with Gasteiger partial charge in [0.1, 0.15) is 0 Å². The van der Waals surface area contributed by atoms with Gasteiger partial charge in [0.05, 0.1) is 10.6 Å². The number of likely N-dealkylation sites (N-methyl/N-ethyl adjacent to an activating group) is 1. The van der Waals surface area contributed by atoms with Crippen molar-refractivity contribution in [2.75, 3.05) is 45.5 Å². The van der Waals surface area contributed by atoms with E-state index in [9.17, 15) is 8.42 Å². The smallest absolute Gasteiger partial charge is 0.179 e. The van der Waals surface area contributed by atoms with Crippen LogP contribution in [0.15, 0.2) is 29.2 Å². The number of nitrogens with two attached hydrogens (primary N) is 1. The van der Waals surface area contributed by atoms with Crippen LogP contribution < -0.4 is 5.73 Å². The summed E-state index contributed by atoms with van der Waals surface area (Å²) in [5.41, 5.74) is 6.46. The molecule has 6 heteroatoms. The third-order valence-corrected chi connectivity index (χ3v) is 5.50. The van der Waals surface area contributed by atoms with E-state index in [4.69, 9.17) is 5.73 Å². The van der Waals surface area contributed by atoms with Crippen molar-refractivity contribution in [3.63, 3.8) is 0 Å². The van der Waals surface area contributed by atoms with Crippen LogP contribution in [0, 0.1) is 0 Å². The van der Waals surface area contributed by atoms with Crippen molar-refractivity contribution >= 4 is 9.84 Å². The Balaban J connectivity index is 1.93. The monoisotopic (exact) mass is 297 g/mol. The van der Waals surface area contributed by atoms with Gasteiger partial charge in [-0.15, -0.1) is 0 Å². The largest absolute Gasteiger partial charge is 0.326 e. The highest BCUT2D eigenvalue weighted by Gasteiger charge is 2.19. The average molecular weight is 297 g/mol. The molecule has 112 valence electrons. The minimum absolute atomic E-state index is 0.179. The maximum Gasteiger partial charge on any atom is 0.179 e. The van der Waals surface area contributed by atoms with Gasteiger partial charge in [0, 0.05) is 39.3 Å². The third-order valence-electron chi connectivity index (χ3n) is 3.79. The summed E-state index contributed by atoms with van der Waals surface area (Å²) in [6.07, 6.45) is 0. The van der Waals surface area contributed by atoms with Crippen LogP contribution in [-0.4, -0.2) is 63.7 Å². The van der Waals surface area contributed by atoms with Crippen molar-refractivity contribution in [2.24, 2.45) is 5.73 Å². The molecule has 1 aliphatic rings. The lowest BCUT2D eigenvalue weighted by molar-refractivity contribution is 0.161. The van der Waals surface area contributed by atoms with E-state index in [1.165, 1.54) is 0 Å². The minimum Gasteiger partial charge on any atom is -0.326 e. The second-order valence-corrected chi connectivity index (χ2v) is 7.42. The van der Waals surface area contributed by atoms with Gasteiger partial charge in [-0.25, -0.2) is 8.42 Å². The lowest BCUT2D eigenvalue weighted by Gasteiger charge is -2.32. The summed E-state index contributed by atoms with van der Waals surface area (Å²) in [6.45, 7) is 4.93. The van der Waals surface area contributed by atoms with Crippen LogP contribution in [0.25, 0.3) is 0 Å². The molecular weight excluding hydrogens is 274 g/mol. The molecule has 20 heavy (non-hydrogen) atoms. The van der Waals surface area contributed by atoms with E-state index in [-0.39, 0.29) is 5.75 Å². The standard InChI is InChI=1S/C14H23N3O2S/c1-16-6-8-17(9-7-16)10-11-20(18,19)14-4-2-13(12-15)3-5-14/h2-5H,6-12,15H2,1H3. The zero-order valence-corrected chi connectivity index (χ0v) is 12.8. The van der Waals surface area contributed by atoms with E-state index in [0.717, 1.165) is 31.7 Å². The van der Waals surface area contributed by atoms with Gasteiger partial charge in [0.25, 0.3) is 0 Å². The quantitative estimate of drug-likeness (QED) is 0.839. The van der Waals surface area contributed by atoms with Crippen LogP contribution in [0.2, 0.25) is 0 Å². The molecule has 2 N–H and O–H groups in total. The molecule has 0 bridgehead atoms. The molecule has 1 aromatic carbocycles. The summed E-state index contributed by atoms with van der Waals surface area (Å²) in [6, 6.07) is 6.87. The number of nitrogens with zero attached hydrogens (tertiary/aromatic N) is 2. The summed E-state index contributed by atoms with van der Waals surface area (Å²) in [5.74, 6) is 0.179. The van der Waals surface area contributed by atoms with E-state index in [1.54, 1.807) is 24.3 Å². The molecule has 0 unspecified atom stereocenters. The predicted octanol–water partition coefficient (Wildman–Crippen LogP) is 0.166. The fraction of sp³-hybridized carbons (Fsp3) is 0.571. The Morgan fingerprint density at radius 3 is 2.25 bits per heavy atom. The van der Waals surface area contributed by atoms with Crippen LogP contribution in [0.5, 0.6) is 0 Å². The van der Waals surface area contributed by atoms with Gasteiger partial charge in [-0.05, 0) is 24.7 Å². The van der Waals surface area contributed by atoms with Crippen LogP contribution in [0.4, 0.5) is 0 Å². The molecule has 0 aromatic heterocycles. The Morgan fingerprint density at radius 1 is 1.10 bits per heavy atom. The van der Waals surface area contributed by atoms with E-state index in [1.807, 2.05) is 0 Å². The van der Waals surface area contributed by atoms with Gasteiger partial charge in [-0.2, -0.15) is 0 Å². The number of rotatable bonds is 5. The third kappa shape index (κ3) is 4.02. The fourth-order valence-electron chi connectivity index (χ4n) is 2.27. The predicted molar refractivity (Wildman–Crippen MR) is 80.3 cm³/mol. The molecule has 2 rings (SSSR count). The normalized spacial score (nSPS) is 18.3. The summed E-state index contributed by atoms with van der Waals surface area (Å²) < 4.78 is 24.5. The van der Waals surface area contributed by atoms with Crippen LogP contribution in [0.3, 0.4) is 0 Å². The topological polar surface area (TPSA) is 66.6 Å². The summed E-state index contributed by atoms with van der Waals surface area (Å²) in [4.78, 5) is 4.87. The van der Waals surface area contributed by atoms with Gasteiger partial charge < -0.3 is 10.6 Å². The Hall–Kier alpha value is -0.950. The van der Waals surface area contributed by atoms with Gasteiger partial charge in [-0.1, -0.05) is 12.1 Å². The summed E-state index contributed by atoms with van der Waals surface area (Å²) in [7, 11) is -1.10. The lowest BCUT2D eigenvalue weighted by Crippen LogP contribution is -2.45. The summed E-state index contributed by atoms with van der Waals surface area (Å²) in [5, 5.41) is 0. The Bertz CT molecular complexity index is 520. The molecule has 1 saturated heterocycles. The molecule has 0 amide bonds. The van der Waals surface area contributed by atoms with E-state index >= 15 is 0 Å². The first-order valence-electron chi connectivity index (χ1n) is 6.94. The number of piperazine rings is 1. The Kier molecular flexibility index (Phi) is 5.15. The molecule has 0 spiro atoms. The van der Waals surface area contributed by atoms with Crippen molar-refractivity contribution in [1.29, 1.82) is 0 Å². The number of sulfone groups is 1. The van der Waals surface area contributed by atoms with Crippen molar-refractivity contribution in [1.82, 2.24) is 9.80 Å². The minimum atomic E-state index is -3.19.